The molecule has 0 atom stereocenters. The van der Waals surface area contributed by atoms with Crippen LogP contribution < -0.4 is 16.2 Å². The molecular weight excluding hydrogens is 358 g/mol. The third-order valence-corrected chi connectivity index (χ3v) is 5.17. The van der Waals surface area contributed by atoms with Gasteiger partial charge < -0.3 is 16.2 Å². The topological polar surface area (TPSA) is 99.9 Å². The van der Waals surface area contributed by atoms with Crippen LogP contribution >= 0.6 is 11.8 Å². The number of anilines is 2. The van der Waals surface area contributed by atoms with Gasteiger partial charge in [-0.2, -0.15) is 4.98 Å². The summed E-state index contributed by atoms with van der Waals surface area (Å²) in [4.78, 5) is 13.8. The molecule has 0 aliphatic rings. The summed E-state index contributed by atoms with van der Waals surface area (Å²) in [6, 6.07) is 12.3. The van der Waals surface area contributed by atoms with Crippen molar-refractivity contribution in [1.82, 2.24) is 15.0 Å². The van der Waals surface area contributed by atoms with Crippen molar-refractivity contribution in [2.75, 3.05) is 11.5 Å². The van der Waals surface area contributed by atoms with Gasteiger partial charge >= 0.3 is 0 Å². The largest absolute Gasteiger partial charge is 0.450 e. The van der Waals surface area contributed by atoms with Crippen molar-refractivity contribution in [2.45, 2.75) is 37.3 Å². The summed E-state index contributed by atoms with van der Waals surface area (Å²) < 4.78 is 6.02. The van der Waals surface area contributed by atoms with Crippen molar-refractivity contribution in [2.24, 2.45) is 0 Å². The highest BCUT2D eigenvalue weighted by Gasteiger charge is 2.16. The molecule has 3 rings (SSSR count). The molecule has 4 N–H and O–H groups in total. The van der Waals surface area contributed by atoms with E-state index in [1.54, 1.807) is 11.8 Å². The average molecular weight is 382 g/mol. The van der Waals surface area contributed by atoms with Gasteiger partial charge in [-0.15, -0.1) is 11.8 Å². The minimum absolute atomic E-state index is 0.116. The lowest BCUT2D eigenvalue weighted by molar-refractivity contribution is 0.464. The van der Waals surface area contributed by atoms with Crippen molar-refractivity contribution in [3.05, 3.63) is 59.5 Å². The average Bonchev–Trinajstić information content (AvgIpc) is 2.64. The van der Waals surface area contributed by atoms with E-state index in [9.17, 15) is 0 Å². The van der Waals surface area contributed by atoms with Crippen LogP contribution in [0, 0.1) is 6.92 Å². The number of aryl methyl sites for hydroxylation is 1. The smallest absolute Gasteiger partial charge is 0.222 e. The number of hydrogen-bond acceptors (Lipinski definition) is 7. The lowest BCUT2D eigenvalue weighted by Gasteiger charge is -2.17. The minimum Gasteiger partial charge on any atom is -0.450 e. The first-order chi connectivity index (χ1) is 12.9. The van der Waals surface area contributed by atoms with Crippen LogP contribution in [-0.4, -0.2) is 15.0 Å². The number of pyridine rings is 1. The molecule has 0 spiro atoms. The fraction of sp³-hybridized carbons (Fsp3) is 0.250. The zero-order valence-electron chi connectivity index (χ0n) is 15.6. The molecule has 2 heterocycles. The number of benzene rings is 1. The van der Waals surface area contributed by atoms with Crippen LogP contribution in [0.2, 0.25) is 0 Å². The molecule has 0 aliphatic carbocycles. The van der Waals surface area contributed by atoms with Crippen LogP contribution in [0.3, 0.4) is 0 Å². The lowest BCUT2D eigenvalue weighted by Crippen LogP contribution is -2.04. The van der Waals surface area contributed by atoms with E-state index in [4.69, 9.17) is 21.2 Å². The van der Waals surface area contributed by atoms with E-state index in [2.05, 4.69) is 35.9 Å². The second-order valence-corrected chi connectivity index (χ2v) is 7.48. The van der Waals surface area contributed by atoms with Gasteiger partial charge in [0.2, 0.25) is 5.95 Å². The second-order valence-electron chi connectivity index (χ2n) is 6.46. The summed E-state index contributed by atoms with van der Waals surface area (Å²) >= 11 is 1.73. The number of rotatable bonds is 6. The van der Waals surface area contributed by atoms with E-state index in [1.807, 2.05) is 31.2 Å². The van der Waals surface area contributed by atoms with Crippen molar-refractivity contribution in [1.29, 1.82) is 0 Å². The highest BCUT2D eigenvalue weighted by molar-refractivity contribution is 7.98. The van der Waals surface area contributed by atoms with Crippen LogP contribution in [0.1, 0.15) is 36.7 Å². The van der Waals surface area contributed by atoms with Gasteiger partial charge in [0.05, 0.1) is 17.6 Å². The molecule has 7 heteroatoms. The molecule has 0 bridgehead atoms. The highest BCUT2D eigenvalue weighted by Crippen LogP contribution is 2.36. The predicted octanol–water partition coefficient (Wildman–Crippen LogP) is 4.55. The van der Waals surface area contributed by atoms with E-state index in [0.29, 0.717) is 11.5 Å². The highest BCUT2D eigenvalue weighted by atomic mass is 32.2. The standard InChI is InChI=1S/C20H23N5OS/c1-12(2)18-15(26-16-10-23-20(22)25-19(16)21)9-17(13(3)24-18)27-11-14-7-5-4-6-8-14/h4-10,12H,11H2,1-3H3,(H4,21,22,23,25). The summed E-state index contributed by atoms with van der Waals surface area (Å²) in [5.41, 5.74) is 14.6. The molecule has 0 radical (unpaired) electrons. The number of nitrogens with two attached hydrogens (primary N) is 2. The van der Waals surface area contributed by atoms with Crippen LogP contribution in [0.5, 0.6) is 11.5 Å². The van der Waals surface area contributed by atoms with Crippen molar-refractivity contribution >= 4 is 23.5 Å². The molecule has 140 valence electrons. The quantitative estimate of drug-likeness (QED) is 0.604. The Morgan fingerprint density at radius 1 is 1.07 bits per heavy atom. The molecule has 0 unspecified atom stereocenters. The monoisotopic (exact) mass is 381 g/mol. The minimum atomic E-state index is 0.116. The van der Waals surface area contributed by atoms with Gasteiger partial charge in [0.25, 0.3) is 0 Å². The summed E-state index contributed by atoms with van der Waals surface area (Å²) in [6.45, 7) is 6.17. The first-order valence-electron chi connectivity index (χ1n) is 8.68. The number of ether oxygens (including phenoxy) is 1. The summed E-state index contributed by atoms with van der Waals surface area (Å²) in [5.74, 6) is 2.41. The van der Waals surface area contributed by atoms with Gasteiger partial charge in [-0.25, -0.2) is 4.98 Å². The third kappa shape index (κ3) is 4.68. The molecule has 0 fully saturated rings. The van der Waals surface area contributed by atoms with Gasteiger partial charge in [0.1, 0.15) is 0 Å². The lowest BCUT2D eigenvalue weighted by atomic mass is 10.1. The van der Waals surface area contributed by atoms with E-state index in [0.717, 1.165) is 22.0 Å². The maximum atomic E-state index is 6.02. The Labute approximate surface area is 163 Å². The Bertz CT molecular complexity index is 931. The molecule has 1 aromatic carbocycles. The van der Waals surface area contributed by atoms with Crippen LogP contribution in [0.4, 0.5) is 11.8 Å². The first kappa shape index (κ1) is 19.0. The zero-order valence-corrected chi connectivity index (χ0v) is 16.5. The van der Waals surface area contributed by atoms with Gasteiger partial charge in [-0.05, 0) is 24.5 Å². The number of thioether (sulfide) groups is 1. The SMILES string of the molecule is Cc1nc(C(C)C)c(Oc2cnc(N)nc2N)cc1SCc1ccccc1. The molecule has 0 aliphatic heterocycles. The number of aromatic nitrogens is 3. The molecule has 2 aromatic heterocycles. The molecule has 0 amide bonds. The number of nitrogens with zero attached hydrogens (tertiary/aromatic N) is 3. The molecule has 0 saturated carbocycles. The molecule has 6 nitrogen and oxygen atoms in total. The van der Waals surface area contributed by atoms with Gasteiger partial charge in [-0.1, -0.05) is 44.2 Å². The summed E-state index contributed by atoms with van der Waals surface area (Å²) in [7, 11) is 0. The Morgan fingerprint density at radius 2 is 1.81 bits per heavy atom. The predicted molar refractivity (Wildman–Crippen MR) is 110 cm³/mol. The molecule has 27 heavy (non-hydrogen) atoms. The van der Waals surface area contributed by atoms with E-state index < -0.39 is 0 Å². The van der Waals surface area contributed by atoms with E-state index >= 15 is 0 Å². The zero-order chi connectivity index (χ0) is 19.4. The van der Waals surface area contributed by atoms with Crippen molar-refractivity contribution in [3.63, 3.8) is 0 Å². The van der Waals surface area contributed by atoms with Crippen LogP contribution in [0.25, 0.3) is 0 Å². The molecule has 3 aromatic rings. The van der Waals surface area contributed by atoms with Crippen molar-refractivity contribution < 1.29 is 4.74 Å². The van der Waals surface area contributed by atoms with Gasteiger partial charge in [0.15, 0.2) is 17.3 Å². The summed E-state index contributed by atoms with van der Waals surface area (Å²) in [6.07, 6.45) is 1.48. The second kappa shape index (κ2) is 8.26. The van der Waals surface area contributed by atoms with Crippen LogP contribution in [-0.2, 0) is 5.75 Å². The fourth-order valence-corrected chi connectivity index (χ4v) is 3.52. The molecule has 0 saturated heterocycles. The van der Waals surface area contributed by atoms with E-state index in [1.165, 1.54) is 11.8 Å². The van der Waals surface area contributed by atoms with Gasteiger partial charge in [0, 0.05) is 10.6 Å². The van der Waals surface area contributed by atoms with Gasteiger partial charge in [-0.3, -0.25) is 4.98 Å². The van der Waals surface area contributed by atoms with Crippen molar-refractivity contribution in [3.8, 4) is 11.5 Å². The number of hydrogen-bond donors (Lipinski definition) is 2. The Morgan fingerprint density at radius 3 is 2.48 bits per heavy atom. The third-order valence-electron chi connectivity index (χ3n) is 3.96. The maximum absolute atomic E-state index is 6.02. The Balaban J connectivity index is 1.90. The fourth-order valence-electron chi connectivity index (χ4n) is 2.56. The van der Waals surface area contributed by atoms with Crippen LogP contribution in [0.15, 0.2) is 47.5 Å². The summed E-state index contributed by atoms with van der Waals surface area (Å²) in [5, 5.41) is 0. The normalized spacial score (nSPS) is 11.0. The maximum Gasteiger partial charge on any atom is 0.222 e. The Hall–Kier alpha value is -2.80. The molecular formula is C20H23N5OS. The first-order valence-corrected chi connectivity index (χ1v) is 9.66. The number of nitrogen functional groups attached to an aromatic ring is 2. The van der Waals surface area contributed by atoms with E-state index in [-0.39, 0.29) is 17.7 Å². The Kier molecular flexibility index (Phi) is 5.81.